The Balaban J connectivity index is 2.19. The van der Waals surface area contributed by atoms with Crippen molar-refractivity contribution in [2.45, 2.75) is 12.5 Å². The third-order valence-corrected chi connectivity index (χ3v) is 2.73. The summed E-state index contributed by atoms with van der Waals surface area (Å²) in [4.78, 5) is 17.5. The highest BCUT2D eigenvalue weighted by atomic mass is 16.3. The van der Waals surface area contributed by atoms with Crippen LogP contribution in [0.2, 0.25) is 0 Å². The summed E-state index contributed by atoms with van der Waals surface area (Å²) < 4.78 is 0. The fourth-order valence-corrected chi connectivity index (χ4v) is 1.84. The number of hydrogen-bond donors (Lipinski definition) is 2. The molecule has 1 amide bonds. The van der Waals surface area contributed by atoms with Gasteiger partial charge in [0, 0.05) is 32.0 Å². The predicted octanol–water partition coefficient (Wildman–Crippen LogP) is 0.0122. The lowest BCUT2D eigenvalue weighted by Crippen LogP contribution is -2.23. The summed E-state index contributed by atoms with van der Waals surface area (Å²) in [5, 5.41) is 12.0. The molecule has 0 aromatic carbocycles. The molecule has 0 bridgehead atoms. The molecule has 86 valence electrons. The van der Waals surface area contributed by atoms with E-state index in [9.17, 15) is 9.90 Å². The number of carbonyl (C=O) groups is 1. The van der Waals surface area contributed by atoms with Crippen molar-refractivity contribution < 1.29 is 9.90 Å². The van der Waals surface area contributed by atoms with Crippen molar-refractivity contribution in [1.82, 2.24) is 10.3 Å². The zero-order valence-electron chi connectivity index (χ0n) is 9.18. The summed E-state index contributed by atoms with van der Waals surface area (Å²) in [6, 6.07) is 3.60. The molecule has 0 unspecified atom stereocenters. The molecule has 1 aromatic rings. The lowest BCUT2D eigenvalue weighted by molar-refractivity contribution is 0.0958. The largest absolute Gasteiger partial charge is 0.391 e. The van der Waals surface area contributed by atoms with Crippen LogP contribution in [0, 0.1) is 0 Å². The second kappa shape index (κ2) is 4.49. The first kappa shape index (κ1) is 10.9. The Kier molecular flexibility index (Phi) is 3.05. The number of pyridine rings is 1. The molecule has 0 aliphatic carbocycles. The molecule has 1 atom stereocenters. The van der Waals surface area contributed by atoms with Crippen molar-refractivity contribution in [3.63, 3.8) is 0 Å². The lowest BCUT2D eigenvalue weighted by atomic mass is 10.3. The van der Waals surface area contributed by atoms with Crippen LogP contribution in [0.4, 0.5) is 5.69 Å². The molecule has 5 nitrogen and oxygen atoms in total. The van der Waals surface area contributed by atoms with Gasteiger partial charge in [0.1, 0.15) is 5.69 Å². The van der Waals surface area contributed by atoms with E-state index in [-0.39, 0.29) is 12.0 Å². The van der Waals surface area contributed by atoms with Gasteiger partial charge in [-0.2, -0.15) is 0 Å². The molecule has 2 N–H and O–H groups in total. The Labute approximate surface area is 94.1 Å². The minimum absolute atomic E-state index is 0.193. The maximum atomic E-state index is 11.4. The Morgan fingerprint density at radius 3 is 3.12 bits per heavy atom. The molecule has 0 radical (unpaired) electrons. The van der Waals surface area contributed by atoms with Gasteiger partial charge in [0.2, 0.25) is 0 Å². The summed E-state index contributed by atoms with van der Waals surface area (Å²) in [7, 11) is 1.58. The van der Waals surface area contributed by atoms with Gasteiger partial charge in [-0.05, 0) is 18.6 Å². The number of aromatic nitrogens is 1. The van der Waals surface area contributed by atoms with Crippen LogP contribution in [0.25, 0.3) is 0 Å². The van der Waals surface area contributed by atoms with Crippen molar-refractivity contribution in [2.24, 2.45) is 0 Å². The standard InChI is InChI=1S/C11H15N3O2/c1-12-11(16)10-6-8(2-4-13-10)14-5-3-9(15)7-14/h2,4,6,9,15H,3,5,7H2,1H3,(H,12,16)/t9-/m0/s1. The first-order chi connectivity index (χ1) is 7.70. The average molecular weight is 221 g/mol. The molecule has 2 rings (SSSR count). The number of rotatable bonds is 2. The summed E-state index contributed by atoms with van der Waals surface area (Å²) in [5.74, 6) is -0.193. The summed E-state index contributed by atoms with van der Waals surface area (Å²) >= 11 is 0. The molecule has 0 saturated carbocycles. The lowest BCUT2D eigenvalue weighted by Gasteiger charge is -2.17. The van der Waals surface area contributed by atoms with E-state index in [1.807, 2.05) is 6.07 Å². The quantitative estimate of drug-likeness (QED) is 0.738. The molecule has 16 heavy (non-hydrogen) atoms. The van der Waals surface area contributed by atoms with Crippen LogP contribution in [0.15, 0.2) is 18.3 Å². The molecule has 1 aliphatic heterocycles. The predicted molar refractivity (Wildman–Crippen MR) is 60.5 cm³/mol. The molecule has 1 aromatic heterocycles. The Hall–Kier alpha value is -1.62. The van der Waals surface area contributed by atoms with Gasteiger partial charge in [-0.1, -0.05) is 0 Å². The van der Waals surface area contributed by atoms with Crippen LogP contribution in [-0.4, -0.2) is 42.2 Å². The number of carbonyl (C=O) groups excluding carboxylic acids is 1. The van der Waals surface area contributed by atoms with Crippen LogP contribution in [0.3, 0.4) is 0 Å². The number of amides is 1. The van der Waals surface area contributed by atoms with Gasteiger partial charge in [0.25, 0.3) is 5.91 Å². The van der Waals surface area contributed by atoms with Crippen molar-refractivity contribution in [3.05, 3.63) is 24.0 Å². The van der Waals surface area contributed by atoms with Gasteiger partial charge in [0.15, 0.2) is 0 Å². The van der Waals surface area contributed by atoms with E-state index in [1.54, 1.807) is 19.3 Å². The third kappa shape index (κ3) is 2.14. The smallest absolute Gasteiger partial charge is 0.269 e. The normalized spacial score (nSPS) is 19.9. The van der Waals surface area contributed by atoms with Crippen molar-refractivity contribution >= 4 is 11.6 Å². The van der Waals surface area contributed by atoms with E-state index in [1.165, 1.54) is 0 Å². The van der Waals surface area contributed by atoms with Gasteiger partial charge < -0.3 is 15.3 Å². The van der Waals surface area contributed by atoms with Gasteiger partial charge in [-0.25, -0.2) is 0 Å². The molecule has 1 fully saturated rings. The number of nitrogens with one attached hydrogen (secondary N) is 1. The monoisotopic (exact) mass is 221 g/mol. The molecule has 1 aliphatic rings. The van der Waals surface area contributed by atoms with Crippen molar-refractivity contribution in [2.75, 3.05) is 25.0 Å². The van der Waals surface area contributed by atoms with Gasteiger partial charge in [0.05, 0.1) is 6.10 Å². The summed E-state index contributed by atoms with van der Waals surface area (Å²) in [6.07, 6.45) is 2.12. The highest BCUT2D eigenvalue weighted by molar-refractivity contribution is 5.92. The van der Waals surface area contributed by atoms with Crippen LogP contribution in [0.5, 0.6) is 0 Å². The third-order valence-electron chi connectivity index (χ3n) is 2.73. The molecule has 1 saturated heterocycles. The maximum absolute atomic E-state index is 11.4. The minimum atomic E-state index is -0.267. The zero-order chi connectivity index (χ0) is 11.5. The number of hydrogen-bond acceptors (Lipinski definition) is 4. The summed E-state index contributed by atoms with van der Waals surface area (Å²) in [5.41, 5.74) is 1.34. The van der Waals surface area contributed by atoms with Gasteiger partial charge in [-0.15, -0.1) is 0 Å². The highest BCUT2D eigenvalue weighted by Crippen LogP contribution is 2.20. The first-order valence-electron chi connectivity index (χ1n) is 5.32. The number of nitrogens with zero attached hydrogens (tertiary/aromatic N) is 2. The Morgan fingerprint density at radius 2 is 2.50 bits per heavy atom. The fourth-order valence-electron chi connectivity index (χ4n) is 1.84. The highest BCUT2D eigenvalue weighted by Gasteiger charge is 2.21. The van der Waals surface area contributed by atoms with Gasteiger partial charge in [-0.3, -0.25) is 9.78 Å². The van der Waals surface area contributed by atoms with Crippen molar-refractivity contribution in [3.8, 4) is 0 Å². The number of anilines is 1. The van der Waals surface area contributed by atoms with Gasteiger partial charge >= 0.3 is 0 Å². The SMILES string of the molecule is CNC(=O)c1cc(N2CC[C@H](O)C2)ccn1. The van der Waals surface area contributed by atoms with Crippen molar-refractivity contribution in [1.29, 1.82) is 0 Å². The van der Waals surface area contributed by atoms with Crippen LogP contribution >= 0.6 is 0 Å². The van der Waals surface area contributed by atoms with E-state index in [2.05, 4.69) is 15.2 Å². The second-order valence-electron chi connectivity index (χ2n) is 3.87. The van der Waals surface area contributed by atoms with E-state index in [0.29, 0.717) is 12.2 Å². The number of β-amino-alcohol motifs (C(OH)–C–C–N with tert-alkyl or cyclic N) is 1. The first-order valence-corrected chi connectivity index (χ1v) is 5.32. The Bertz CT molecular complexity index is 395. The maximum Gasteiger partial charge on any atom is 0.269 e. The molecule has 0 spiro atoms. The van der Waals surface area contributed by atoms with Crippen LogP contribution in [0.1, 0.15) is 16.9 Å². The second-order valence-corrected chi connectivity index (χ2v) is 3.87. The van der Waals surface area contributed by atoms with Crippen LogP contribution < -0.4 is 10.2 Å². The van der Waals surface area contributed by atoms with E-state index >= 15 is 0 Å². The number of aliphatic hydroxyl groups is 1. The zero-order valence-corrected chi connectivity index (χ0v) is 9.18. The van der Waals surface area contributed by atoms with E-state index < -0.39 is 0 Å². The number of aliphatic hydroxyl groups excluding tert-OH is 1. The van der Waals surface area contributed by atoms with E-state index in [4.69, 9.17) is 0 Å². The molecular formula is C11H15N3O2. The molecule has 2 heterocycles. The fraction of sp³-hybridized carbons (Fsp3) is 0.455. The molecular weight excluding hydrogens is 206 g/mol. The van der Waals surface area contributed by atoms with E-state index in [0.717, 1.165) is 18.7 Å². The Morgan fingerprint density at radius 1 is 1.69 bits per heavy atom. The minimum Gasteiger partial charge on any atom is -0.391 e. The van der Waals surface area contributed by atoms with Crippen LogP contribution in [-0.2, 0) is 0 Å². The molecule has 5 heteroatoms. The average Bonchev–Trinajstić information content (AvgIpc) is 2.75. The summed E-state index contributed by atoms with van der Waals surface area (Å²) in [6.45, 7) is 1.44. The topological polar surface area (TPSA) is 65.5 Å².